The minimum Gasteiger partial charge on any atom is -0.493 e. The molecule has 3 rings (SSSR count). The van der Waals surface area contributed by atoms with Crippen molar-refractivity contribution in [3.05, 3.63) is 29.5 Å². The first-order chi connectivity index (χ1) is 10.8. The van der Waals surface area contributed by atoms with Crippen molar-refractivity contribution in [2.75, 3.05) is 20.8 Å². The van der Waals surface area contributed by atoms with E-state index in [0.29, 0.717) is 11.5 Å². The summed E-state index contributed by atoms with van der Waals surface area (Å²) in [5, 5.41) is 17.0. The van der Waals surface area contributed by atoms with Crippen LogP contribution in [0.4, 0.5) is 0 Å². The molecule has 0 saturated heterocycles. The highest BCUT2D eigenvalue weighted by atomic mass is 16.5. The lowest BCUT2D eigenvalue weighted by atomic mass is 10.0. The Morgan fingerprint density at radius 1 is 1.32 bits per heavy atom. The van der Waals surface area contributed by atoms with Gasteiger partial charge in [-0.1, -0.05) is 0 Å². The van der Waals surface area contributed by atoms with Gasteiger partial charge in [0.1, 0.15) is 6.54 Å². The quantitative estimate of drug-likeness (QED) is 0.931. The number of nitrogens with zero attached hydrogens (tertiary/aromatic N) is 3. The number of nitrogens with one attached hydrogen (secondary N) is 1. The molecule has 0 atom stereocenters. The van der Waals surface area contributed by atoms with E-state index in [1.54, 1.807) is 14.2 Å². The lowest BCUT2D eigenvalue weighted by molar-refractivity contribution is 0.355. The van der Waals surface area contributed by atoms with Crippen LogP contribution in [0.5, 0.6) is 11.5 Å². The van der Waals surface area contributed by atoms with Crippen molar-refractivity contribution < 1.29 is 9.47 Å². The maximum atomic E-state index is 8.99. The molecule has 1 N–H and O–H groups in total. The summed E-state index contributed by atoms with van der Waals surface area (Å²) in [7, 11) is 3.23. The van der Waals surface area contributed by atoms with Gasteiger partial charge < -0.3 is 14.8 Å². The van der Waals surface area contributed by atoms with Crippen molar-refractivity contribution >= 4 is 0 Å². The zero-order valence-corrected chi connectivity index (χ0v) is 12.7. The van der Waals surface area contributed by atoms with Gasteiger partial charge in [-0.2, -0.15) is 10.4 Å². The van der Waals surface area contributed by atoms with Gasteiger partial charge in [0.2, 0.25) is 0 Å². The van der Waals surface area contributed by atoms with Crippen LogP contribution in [0.3, 0.4) is 0 Å². The lowest BCUT2D eigenvalue weighted by Gasteiger charge is -2.15. The maximum Gasteiger partial charge on any atom is 0.161 e. The van der Waals surface area contributed by atoms with Crippen LogP contribution in [0.1, 0.15) is 11.3 Å². The van der Waals surface area contributed by atoms with Gasteiger partial charge in [0.25, 0.3) is 0 Å². The molecular weight excluding hydrogens is 280 g/mol. The number of rotatable bonds is 4. The van der Waals surface area contributed by atoms with Crippen molar-refractivity contribution in [1.29, 1.82) is 5.26 Å². The Kier molecular flexibility index (Phi) is 3.98. The second-order valence-electron chi connectivity index (χ2n) is 5.09. The number of methoxy groups -OCH3 is 2. The first kappa shape index (κ1) is 14.4. The summed E-state index contributed by atoms with van der Waals surface area (Å²) in [6.45, 7) is 1.95. The number of hydrogen-bond donors (Lipinski definition) is 1. The largest absolute Gasteiger partial charge is 0.493 e. The Morgan fingerprint density at radius 2 is 2.14 bits per heavy atom. The highest BCUT2D eigenvalue weighted by Gasteiger charge is 2.22. The van der Waals surface area contributed by atoms with Gasteiger partial charge in [-0.15, -0.1) is 0 Å². The Hall–Kier alpha value is -2.52. The monoisotopic (exact) mass is 298 g/mol. The second kappa shape index (κ2) is 6.08. The van der Waals surface area contributed by atoms with Gasteiger partial charge in [-0.25, -0.2) is 0 Å². The summed E-state index contributed by atoms with van der Waals surface area (Å²) in [5.74, 6) is 1.36. The fourth-order valence-corrected chi connectivity index (χ4v) is 2.83. The molecule has 22 heavy (non-hydrogen) atoms. The Bertz CT molecular complexity index is 730. The summed E-state index contributed by atoms with van der Waals surface area (Å²) in [6.07, 6.45) is 0.886. The molecule has 0 amide bonds. The first-order valence-electron chi connectivity index (χ1n) is 7.17. The SMILES string of the molecule is COc1ccc(-c2nn(CC#N)c3c2CNCC3)cc1OC. The minimum atomic E-state index is 0.273. The molecule has 6 nitrogen and oxygen atoms in total. The third kappa shape index (κ3) is 2.40. The second-order valence-corrected chi connectivity index (χ2v) is 5.09. The molecule has 0 fully saturated rings. The molecule has 0 radical (unpaired) electrons. The predicted molar refractivity (Wildman–Crippen MR) is 81.8 cm³/mol. The summed E-state index contributed by atoms with van der Waals surface area (Å²) in [5.41, 5.74) is 4.17. The Labute approximate surface area is 129 Å². The molecule has 1 aromatic heterocycles. The standard InChI is InChI=1S/C16H18N4O2/c1-21-14-4-3-11(9-15(14)22-2)16-12-10-18-7-5-13(12)20(19-16)8-6-17/h3-4,9,18H,5,7-8,10H2,1-2H3. The van der Waals surface area contributed by atoms with Crippen molar-refractivity contribution in [1.82, 2.24) is 15.1 Å². The van der Waals surface area contributed by atoms with E-state index < -0.39 is 0 Å². The molecule has 1 aliphatic rings. The summed E-state index contributed by atoms with van der Waals surface area (Å²) in [4.78, 5) is 0. The number of hydrogen-bond acceptors (Lipinski definition) is 5. The predicted octanol–water partition coefficient (Wildman–Crippen LogP) is 1.74. The number of nitriles is 1. The molecule has 0 saturated carbocycles. The van der Waals surface area contributed by atoms with E-state index in [-0.39, 0.29) is 6.54 Å². The van der Waals surface area contributed by atoms with E-state index in [1.807, 2.05) is 22.9 Å². The van der Waals surface area contributed by atoms with Crippen LogP contribution in [0, 0.1) is 11.3 Å². The molecule has 1 aliphatic heterocycles. The van der Waals surface area contributed by atoms with E-state index in [2.05, 4.69) is 16.5 Å². The number of benzene rings is 1. The zero-order valence-electron chi connectivity index (χ0n) is 12.7. The Morgan fingerprint density at radius 3 is 2.86 bits per heavy atom. The molecular formula is C16H18N4O2. The van der Waals surface area contributed by atoms with Gasteiger partial charge in [-0.3, -0.25) is 4.68 Å². The van der Waals surface area contributed by atoms with Crippen molar-refractivity contribution in [3.8, 4) is 28.8 Å². The molecule has 6 heteroatoms. The average molecular weight is 298 g/mol. The molecule has 0 unspecified atom stereocenters. The highest BCUT2D eigenvalue weighted by Crippen LogP contribution is 2.34. The summed E-state index contributed by atoms with van der Waals surface area (Å²) in [6, 6.07) is 7.94. The molecule has 2 aromatic rings. The third-order valence-electron chi connectivity index (χ3n) is 3.88. The normalized spacial score (nSPS) is 13.3. The van der Waals surface area contributed by atoms with Crippen molar-refractivity contribution in [3.63, 3.8) is 0 Å². The van der Waals surface area contributed by atoms with Gasteiger partial charge in [0.05, 0.1) is 26.0 Å². The molecule has 1 aromatic carbocycles. The van der Waals surface area contributed by atoms with Gasteiger partial charge in [0.15, 0.2) is 11.5 Å². The van der Waals surface area contributed by atoms with E-state index in [4.69, 9.17) is 14.7 Å². The fourth-order valence-electron chi connectivity index (χ4n) is 2.83. The molecule has 0 spiro atoms. The van der Waals surface area contributed by atoms with E-state index >= 15 is 0 Å². The molecule has 0 aliphatic carbocycles. The maximum absolute atomic E-state index is 8.99. The fraction of sp³-hybridized carbons (Fsp3) is 0.375. The number of ether oxygens (including phenoxy) is 2. The van der Waals surface area contributed by atoms with Crippen LogP contribution in [0.2, 0.25) is 0 Å². The van der Waals surface area contributed by atoms with Crippen LogP contribution in [0.25, 0.3) is 11.3 Å². The van der Waals surface area contributed by atoms with Gasteiger partial charge >= 0.3 is 0 Å². The zero-order chi connectivity index (χ0) is 15.5. The van der Waals surface area contributed by atoms with E-state index in [0.717, 1.165) is 42.0 Å². The van der Waals surface area contributed by atoms with E-state index in [1.165, 1.54) is 0 Å². The number of aromatic nitrogens is 2. The molecule has 0 bridgehead atoms. The van der Waals surface area contributed by atoms with Crippen LogP contribution >= 0.6 is 0 Å². The Balaban J connectivity index is 2.10. The van der Waals surface area contributed by atoms with Crippen molar-refractivity contribution in [2.24, 2.45) is 0 Å². The number of fused-ring (bicyclic) bond motifs is 1. The summed E-state index contributed by atoms with van der Waals surface area (Å²) < 4.78 is 12.5. The minimum absolute atomic E-state index is 0.273. The van der Waals surface area contributed by atoms with Crippen LogP contribution in [0.15, 0.2) is 18.2 Å². The van der Waals surface area contributed by atoms with E-state index in [9.17, 15) is 0 Å². The van der Waals surface area contributed by atoms with Gasteiger partial charge in [0, 0.05) is 36.3 Å². The molecule has 114 valence electrons. The topological polar surface area (TPSA) is 72.1 Å². The van der Waals surface area contributed by atoms with Gasteiger partial charge in [-0.05, 0) is 18.2 Å². The average Bonchev–Trinajstić information content (AvgIpc) is 2.93. The van der Waals surface area contributed by atoms with Crippen LogP contribution < -0.4 is 14.8 Å². The summed E-state index contributed by atoms with van der Waals surface area (Å²) >= 11 is 0. The van der Waals surface area contributed by atoms with Crippen molar-refractivity contribution in [2.45, 2.75) is 19.5 Å². The van der Waals surface area contributed by atoms with Crippen LogP contribution in [-0.2, 0) is 19.5 Å². The first-order valence-corrected chi connectivity index (χ1v) is 7.17. The smallest absolute Gasteiger partial charge is 0.161 e. The van der Waals surface area contributed by atoms with Crippen LogP contribution in [-0.4, -0.2) is 30.5 Å². The third-order valence-corrected chi connectivity index (χ3v) is 3.88. The molecule has 2 heterocycles. The lowest BCUT2D eigenvalue weighted by Crippen LogP contribution is -2.24. The highest BCUT2D eigenvalue weighted by molar-refractivity contribution is 5.68.